The molecule has 1 aliphatic rings. The first-order chi connectivity index (χ1) is 6.29. The summed E-state index contributed by atoms with van der Waals surface area (Å²) in [5.74, 6) is -0.442. The Morgan fingerprint density at radius 1 is 1.46 bits per heavy atom. The summed E-state index contributed by atoms with van der Waals surface area (Å²) in [5, 5.41) is 8.74. The highest BCUT2D eigenvalue weighted by Crippen LogP contribution is 2.31. The summed E-state index contributed by atoms with van der Waals surface area (Å²) in [6, 6.07) is 1.58. The zero-order valence-electron chi connectivity index (χ0n) is 6.69. The molecule has 2 rings (SSSR count). The zero-order valence-corrected chi connectivity index (χ0v) is 6.69. The third kappa shape index (κ3) is 1.28. The number of nitrogens with zero attached hydrogens (tertiary/aromatic N) is 1. The van der Waals surface area contributed by atoms with Gasteiger partial charge in [0.25, 0.3) is 0 Å². The summed E-state index contributed by atoms with van der Waals surface area (Å²) < 4.78 is 10.3. The standard InChI is InChI=1S/C8H7NO4/c10-8(11)6-7-5(1-2-9-6)12-3-4-13-7/h1-2H,3-4H2,(H,10,11). The molecule has 0 spiro atoms. The Morgan fingerprint density at radius 3 is 3.00 bits per heavy atom. The van der Waals surface area contributed by atoms with Gasteiger partial charge in [-0.25, -0.2) is 9.78 Å². The van der Waals surface area contributed by atoms with Crippen molar-refractivity contribution in [1.82, 2.24) is 4.98 Å². The highest BCUT2D eigenvalue weighted by atomic mass is 16.6. The molecular formula is C8H7NO4. The van der Waals surface area contributed by atoms with Gasteiger partial charge < -0.3 is 14.6 Å². The van der Waals surface area contributed by atoms with Gasteiger partial charge in [0.05, 0.1) is 0 Å². The summed E-state index contributed by atoms with van der Waals surface area (Å²) in [7, 11) is 0. The average molecular weight is 181 g/mol. The molecule has 1 aromatic heterocycles. The number of carboxylic acids is 1. The number of ether oxygens (including phenoxy) is 2. The minimum absolute atomic E-state index is 0.0998. The van der Waals surface area contributed by atoms with Gasteiger partial charge in [-0.15, -0.1) is 0 Å². The normalized spacial score (nSPS) is 13.8. The molecule has 0 unspecified atom stereocenters. The van der Waals surface area contributed by atoms with Gasteiger partial charge in [-0.3, -0.25) is 0 Å². The molecule has 0 aliphatic carbocycles. The van der Waals surface area contributed by atoms with Gasteiger partial charge in [0.15, 0.2) is 17.2 Å². The number of hydrogen-bond donors (Lipinski definition) is 1. The van der Waals surface area contributed by atoms with Gasteiger partial charge in [0, 0.05) is 12.3 Å². The van der Waals surface area contributed by atoms with Crippen molar-refractivity contribution < 1.29 is 19.4 Å². The number of rotatable bonds is 1. The Kier molecular flexibility index (Phi) is 1.77. The van der Waals surface area contributed by atoms with E-state index in [0.29, 0.717) is 19.0 Å². The SMILES string of the molecule is O=C(O)c1nccc2c1OCCO2. The lowest BCUT2D eigenvalue weighted by Gasteiger charge is -2.18. The van der Waals surface area contributed by atoms with Crippen LogP contribution in [0.1, 0.15) is 10.5 Å². The third-order valence-corrected chi connectivity index (χ3v) is 1.66. The molecule has 0 saturated heterocycles. The molecule has 68 valence electrons. The Hall–Kier alpha value is -1.78. The average Bonchev–Trinajstić information content (AvgIpc) is 2.17. The van der Waals surface area contributed by atoms with E-state index in [9.17, 15) is 4.79 Å². The van der Waals surface area contributed by atoms with E-state index in [1.807, 2.05) is 0 Å². The fourth-order valence-electron chi connectivity index (χ4n) is 1.13. The van der Waals surface area contributed by atoms with Gasteiger partial charge in [0.2, 0.25) is 0 Å². The van der Waals surface area contributed by atoms with Gasteiger partial charge in [-0.2, -0.15) is 0 Å². The molecule has 1 aliphatic heterocycles. The predicted octanol–water partition coefficient (Wildman–Crippen LogP) is 0.551. The Morgan fingerprint density at radius 2 is 2.23 bits per heavy atom. The minimum Gasteiger partial charge on any atom is -0.486 e. The smallest absolute Gasteiger partial charge is 0.358 e. The number of aromatic nitrogens is 1. The zero-order chi connectivity index (χ0) is 9.26. The van der Waals surface area contributed by atoms with Crippen LogP contribution >= 0.6 is 0 Å². The highest BCUT2D eigenvalue weighted by Gasteiger charge is 2.20. The number of hydrogen-bond acceptors (Lipinski definition) is 4. The third-order valence-electron chi connectivity index (χ3n) is 1.66. The molecule has 0 saturated carbocycles. The van der Waals surface area contributed by atoms with Gasteiger partial charge in [-0.05, 0) is 0 Å². The largest absolute Gasteiger partial charge is 0.486 e. The Balaban J connectivity index is 2.52. The van der Waals surface area contributed by atoms with Crippen LogP contribution in [0.3, 0.4) is 0 Å². The van der Waals surface area contributed by atoms with Crippen molar-refractivity contribution in [3.8, 4) is 11.5 Å². The second kappa shape index (κ2) is 2.93. The number of pyridine rings is 1. The molecule has 0 radical (unpaired) electrons. The molecular weight excluding hydrogens is 174 g/mol. The van der Waals surface area contributed by atoms with Crippen LogP contribution < -0.4 is 9.47 Å². The number of carboxylic acid groups (broad SMARTS) is 1. The minimum atomic E-state index is -1.11. The van der Waals surface area contributed by atoms with Gasteiger partial charge >= 0.3 is 5.97 Å². The fraction of sp³-hybridized carbons (Fsp3) is 0.250. The van der Waals surface area contributed by atoms with E-state index in [2.05, 4.69) is 4.98 Å². The van der Waals surface area contributed by atoms with Crippen molar-refractivity contribution in [2.24, 2.45) is 0 Å². The molecule has 2 heterocycles. The van der Waals surface area contributed by atoms with Crippen LogP contribution in [0.2, 0.25) is 0 Å². The van der Waals surface area contributed by atoms with Crippen LogP contribution in [0.25, 0.3) is 0 Å². The number of carbonyl (C=O) groups is 1. The van der Waals surface area contributed by atoms with Crippen molar-refractivity contribution in [1.29, 1.82) is 0 Å². The van der Waals surface area contributed by atoms with E-state index < -0.39 is 5.97 Å². The van der Waals surface area contributed by atoms with E-state index in [0.717, 1.165) is 0 Å². The lowest BCUT2D eigenvalue weighted by molar-refractivity contribution is 0.0678. The molecule has 5 nitrogen and oxygen atoms in total. The molecule has 1 N–H and O–H groups in total. The molecule has 1 aromatic rings. The predicted molar refractivity (Wildman–Crippen MR) is 42.2 cm³/mol. The lowest BCUT2D eigenvalue weighted by atomic mass is 10.3. The van der Waals surface area contributed by atoms with Crippen molar-refractivity contribution in [2.45, 2.75) is 0 Å². The van der Waals surface area contributed by atoms with Crippen molar-refractivity contribution in [2.75, 3.05) is 13.2 Å². The van der Waals surface area contributed by atoms with Crippen LogP contribution in [0.15, 0.2) is 12.3 Å². The molecule has 0 atom stereocenters. The molecule has 0 fully saturated rings. The monoisotopic (exact) mass is 181 g/mol. The second-order valence-electron chi connectivity index (χ2n) is 2.49. The Bertz CT molecular complexity index is 350. The van der Waals surface area contributed by atoms with E-state index in [-0.39, 0.29) is 11.4 Å². The Labute approximate surface area is 73.9 Å². The van der Waals surface area contributed by atoms with Gasteiger partial charge in [0.1, 0.15) is 13.2 Å². The molecule has 0 bridgehead atoms. The highest BCUT2D eigenvalue weighted by molar-refractivity contribution is 5.89. The first-order valence-corrected chi connectivity index (χ1v) is 3.77. The van der Waals surface area contributed by atoms with Crippen molar-refractivity contribution >= 4 is 5.97 Å². The molecule has 0 aromatic carbocycles. The maximum atomic E-state index is 10.7. The van der Waals surface area contributed by atoms with E-state index in [1.165, 1.54) is 6.20 Å². The maximum absolute atomic E-state index is 10.7. The molecule has 0 amide bonds. The van der Waals surface area contributed by atoms with E-state index in [1.54, 1.807) is 6.07 Å². The number of aromatic carboxylic acids is 1. The van der Waals surface area contributed by atoms with Crippen LogP contribution in [0, 0.1) is 0 Å². The van der Waals surface area contributed by atoms with E-state index >= 15 is 0 Å². The van der Waals surface area contributed by atoms with E-state index in [4.69, 9.17) is 14.6 Å². The maximum Gasteiger partial charge on any atom is 0.358 e. The first-order valence-electron chi connectivity index (χ1n) is 3.77. The summed E-state index contributed by atoms with van der Waals surface area (Å²) in [5.41, 5.74) is -0.0998. The van der Waals surface area contributed by atoms with Gasteiger partial charge in [-0.1, -0.05) is 0 Å². The molecule has 5 heteroatoms. The van der Waals surface area contributed by atoms with Crippen LogP contribution in [-0.2, 0) is 0 Å². The topological polar surface area (TPSA) is 68.7 Å². The first kappa shape index (κ1) is 7.85. The number of fused-ring (bicyclic) bond motifs is 1. The van der Waals surface area contributed by atoms with Crippen LogP contribution in [-0.4, -0.2) is 29.3 Å². The quantitative estimate of drug-likeness (QED) is 0.685. The lowest BCUT2D eigenvalue weighted by Crippen LogP contribution is -2.18. The summed E-state index contributed by atoms with van der Waals surface area (Å²) in [6.45, 7) is 0.801. The fourth-order valence-corrected chi connectivity index (χ4v) is 1.13. The molecule has 13 heavy (non-hydrogen) atoms. The summed E-state index contributed by atoms with van der Waals surface area (Å²) in [6.07, 6.45) is 1.39. The van der Waals surface area contributed by atoms with Crippen LogP contribution in [0.5, 0.6) is 11.5 Å². The van der Waals surface area contributed by atoms with Crippen molar-refractivity contribution in [3.63, 3.8) is 0 Å². The second-order valence-corrected chi connectivity index (χ2v) is 2.49. The summed E-state index contributed by atoms with van der Waals surface area (Å²) >= 11 is 0. The summed E-state index contributed by atoms with van der Waals surface area (Å²) in [4.78, 5) is 14.4. The van der Waals surface area contributed by atoms with Crippen LogP contribution in [0.4, 0.5) is 0 Å². The van der Waals surface area contributed by atoms with Crippen molar-refractivity contribution in [3.05, 3.63) is 18.0 Å².